The summed E-state index contributed by atoms with van der Waals surface area (Å²) < 4.78 is 10.6. The second-order valence-electron chi connectivity index (χ2n) is 4.78. The van der Waals surface area contributed by atoms with E-state index in [9.17, 15) is 9.59 Å². The van der Waals surface area contributed by atoms with Crippen LogP contribution >= 0.6 is 0 Å². The summed E-state index contributed by atoms with van der Waals surface area (Å²) in [4.78, 5) is 22.1. The van der Waals surface area contributed by atoms with Crippen molar-refractivity contribution in [1.29, 1.82) is 0 Å². The van der Waals surface area contributed by atoms with Crippen molar-refractivity contribution in [2.45, 2.75) is 26.3 Å². The molecule has 3 N–H and O–H groups in total. The van der Waals surface area contributed by atoms with E-state index in [2.05, 4.69) is 10.6 Å². The van der Waals surface area contributed by atoms with Crippen molar-refractivity contribution in [3.63, 3.8) is 0 Å². The lowest BCUT2D eigenvalue weighted by Gasteiger charge is -2.20. The third-order valence-corrected chi connectivity index (χ3v) is 3.27. The minimum Gasteiger partial charge on any atom is -0.493 e. The number of hydrogen-bond acceptors (Lipinski definition) is 4. The molecule has 0 aromatic heterocycles. The average Bonchev–Trinajstić information content (AvgIpc) is 2.45. The first-order chi connectivity index (χ1) is 10.4. The van der Waals surface area contributed by atoms with Crippen LogP contribution in [0.25, 0.3) is 0 Å². The first kappa shape index (κ1) is 17.6. The Bertz CT molecular complexity index is 545. The lowest BCUT2D eigenvalue weighted by Crippen LogP contribution is -2.38. The van der Waals surface area contributed by atoms with Crippen molar-refractivity contribution in [2.24, 2.45) is 0 Å². The van der Waals surface area contributed by atoms with Crippen molar-refractivity contribution in [3.05, 3.63) is 23.3 Å². The normalized spacial score (nSPS) is 11.5. The van der Waals surface area contributed by atoms with Crippen LogP contribution in [-0.2, 0) is 4.79 Å². The number of ether oxygens (including phenoxy) is 2. The third kappa shape index (κ3) is 4.54. The summed E-state index contributed by atoms with van der Waals surface area (Å²) in [6, 6.07) is 2.97. The molecule has 7 heteroatoms. The molecule has 0 saturated carbocycles. The van der Waals surface area contributed by atoms with Gasteiger partial charge in [0.25, 0.3) is 0 Å². The number of rotatable bonds is 7. The van der Waals surface area contributed by atoms with Crippen molar-refractivity contribution >= 4 is 12.0 Å². The van der Waals surface area contributed by atoms with Gasteiger partial charge in [-0.05, 0) is 25.5 Å². The highest BCUT2D eigenvalue weighted by Gasteiger charge is 2.17. The predicted molar refractivity (Wildman–Crippen MR) is 81.5 cm³/mol. The van der Waals surface area contributed by atoms with Crippen molar-refractivity contribution in [2.75, 3.05) is 20.8 Å². The molecule has 1 rings (SSSR count). The maximum atomic E-state index is 11.7. The molecule has 0 aliphatic heterocycles. The lowest BCUT2D eigenvalue weighted by molar-refractivity contribution is -0.136. The van der Waals surface area contributed by atoms with E-state index in [1.807, 2.05) is 19.9 Å². The molecule has 0 heterocycles. The first-order valence-electron chi connectivity index (χ1n) is 6.88. The number of amides is 2. The Hall–Kier alpha value is -2.44. The molecular formula is C15H22N2O5. The van der Waals surface area contributed by atoms with Crippen LogP contribution in [0.1, 0.15) is 30.5 Å². The summed E-state index contributed by atoms with van der Waals surface area (Å²) in [5.41, 5.74) is 1.77. The summed E-state index contributed by atoms with van der Waals surface area (Å²) in [7, 11) is 3.12. The highest BCUT2D eigenvalue weighted by molar-refractivity contribution is 5.75. The monoisotopic (exact) mass is 310 g/mol. The number of nitrogens with one attached hydrogen (secondary N) is 2. The number of carboxylic acid groups (broad SMARTS) is 1. The van der Waals surface area contributed by atoms with Gasteiger partial charge >= 0.3 is 12.0 Å². The second-order valence-corrected chi connectivity index (χ2v) is 4.78. The summed E-state index contributed by atoms with van der Waals surface area (Å²) in [5.74, 6) is 0.297. The Balaban J connectivity index is 2.75. The summed E-state index contributed by atoms with van der Waals surface area (Å²) in [6.45, 7) is 3.81. The zero-order valence-corrected chi connectivity index (χ0v) is 13.2. The van der Waals surface area contributed by atoms with Crippen molar-refractivity contribution < 1.29 is 24.2 Å². The zero-order valence-electron chi connectivity index (χ0n) is 13.2. The number of carboxylic acids is 1. The third-order valence-electron chi connectivity index (χ3n) is 3.27. The Morgan fingerprint density at radius 3 is 2.50 bits per heavy atom. The molecule has 22 heavy (non-hydrogen) atoms. The van der Waals surface area contributed by atoms with Gasteiger partial charge < -0.3 is 25.2 Å². The quantitative estimate of drug-likeness (QED) is 0.714. The highest BCUT2D eigenvalue weighted by atomic mass is 16.5. The molecule has 0 saturated heterocycles. The maximum Gasteiger partial charge on any atom is 0.315 e. The SMILES string of the molecule is COc1ccc(C(C)NC(=O)NCCC(=O)O)c(C)c1OC. The standard InChI is InChI=1S/C15H22N2O5/c1-9-11(5-6-12(21-3)14(9)22-4)10(2)17-15(20)16-8-7-13(18)19/h5-6,10H,7-8H2,1-4H3,(H,18,19)(H2,16,17,20). The molecule has 0 bridgehead atoms. The second kappa shape index (κ2) is 8.11. The van der Waals surface area contributed by atoms with E-state index >= 15 is 0 Å². The zero-order chi connectivity index (χ0) is 16.7. The van der Waals surface area contributed by atoms with Crippen molar-refractivity contribution in [1.82, 2.24) is 10.6 Å². The fourth-order valence-corrected chi connectivity index (χ4v) is 2.17. The smallest absolute Gasteiger partial charge is 0.315 e. The van der Waals surface area contributed by atoms with E-state index in [0.717, 1.165) is 11.1 Å². The van der Waals surface area contributed by atoms with Crippen LogP contribution in [0.2, 0.25) is 0 Å². The molecule has 1 atom stereocenters. The largest absolute Gasteiger partial charge is 0.493 e. The maximum absolute atomic E-state index is 11.7. The van der Waals surface area contributed by atoms with E-state index in [1.165, 1.54) is 0 Å². The van der Waals surface area contributed by atoms with Gasteiger partial charge in [-0.25, -0.2) is 4.79 Å². The van der Waals surface area contributed by atoms with Crippen molar-refractivity contribution in [3.8, 4) is 11.5 Å². The van der Waals surface area contributed by atoms with Gasteiger partial charge in [0.1, 0.15) is 0 Å². The topological polar surface area (TPSA) is 96.9 Å². The van der Waals surface area contributed by atoms with Crippen LogP contribution < -0.4 is 20.1 Å². The van der Waals surface area contributed by atoms with Crippen LogP contribution in [0.5, 0.6) is 11.5 Å². The van der Waals surface area contributed by atoms with Crippen LogP contribution in [0.3, 0.4) is 0 Å². The molecule has 7 nitrogen and oxygen atoms in total. The molecule has 2 amide bonds. The summed E-state index contributed by atoms with van der Waals surface area (Å²) in [6.07, 6.45) is -0.114. The molecule has 1 aromatic rings. The van der Waals surface area contributed by atoms with Gasteiger partial charge in [0.05, 0.1) is 26.7 Å². The van der Waals surface area contributed by atoms with Gasteiger partial charge in [-0.2, -0.15) is 0 Å². The molecule has 0 fully saturated rings. The molecule has 1 aromatic carbocycles. The Morgan fingerprint density at radius 2 is 1.95 bits per heavy atom. The number of hydrogen-bond donors (Lipinski definition) is 3. The van der Waals surface area contributed by atoms with E-state index in [1.54, 1.807) is 20.3 Å². The number of urea groups is 1. The molecule has 122 valence electrons. The predicted octanol–water partition coefficient (Wildman–Crippen LogP) is 1.85. The Kier molecular flexibility index (Phi) is 6.49. The van der Waals surface area contributed by atoms with Gasteiger partial charge in [0, 0.05) is 12.1 Å². The van der Waals surface area contributed by atoms with Gasteiger partial charge in [0.2, 0.25) is 0 Å². The Morgan fingerprint density at radius 1 is 1.27 bits per heavy atom. The molecular weight excluding hydrogens is 288 g/mol. The Labute approximate surface area is 129 Å². The number of carbonyl (C=O) groups excluding carboxylic acids is 1. The van der Waals surface area contributed by atoms with E-state index in [-0.39, 0.29) is 19.0 Å². The van der Waals surface area contributed by atoms with Crippen LogP contribution in [0, 0.1) is 6.92 Å². The molecule has 0 radical (unpaired) electrons. The number of carbonyl (C=O) groups is 2. The van der Waals surface area contributed by atoms with Crippen LogP contribution in [-0.4, -0.2) is 37.9 Å². The van der Waals surface area contributed by atoms with E-state index in [4.69, 9.17) is 14.6 Å². The number of methoxy groups -OCH3 is 2. The van der Waals surface area contributed by atoms with Gasteiger partial charge in [-0.3, -0.25) is 4.79 Å². The number of aliphatic carboxylic acids is 1. The van der Waals surface area contributed by atoms with Crippen LogP contribution in [0.4, 0.5) is 4.79 Å². The molecule has 0 spiro atoms. The summed E-state index contributed by atoms with van der Waals surface area (Å²) >= 11 is 0. The lowest BCUT2D eigenvalue weighted by atomic mass is 10.0. The minimum atomic E-state index is -0.955. The first-order valence-corrected chi connectivity index (χ1v) is 6.88. The minimum absolute atomic E-state index is 0.0821. The highest BCUT2D eigenvalue weighted by Crippen LogP contribution is 2.34. The average molecular weight is 310 g/mol. The summed E-state index contributed by atoms with van der Waals surface area (Å²) in [5, 5.41) is 13.8. The molecule has 1 unspecified atom stereocenters. The molecule has 0 aliphatic rings. The van der Waals surface area contributed by atoms with Gasteiger partial charge in [0.15, 0.2) is 11.5 Å². The molecule has 0 aliphatic carbocycles. The van der Waals surface area contributed by atoms with Gasteiger partial charge in [-0.1, -0.05) is 6.07 Å². The fraction of sp³-hybridized carbons (Fsp3) is 0.467. The van der Waals surface area contributed by atoms with Crippen LogP contribution in [0.15, 0.2) is 12.1 Å². The van der Waals surface area contributed by atoms with E-state index < -0.39 is 12.0 Å². The number of benzene rings is 1. The van der Waals surface area contributed by atoms with E-state index in [0.29, 0.717) is 11.5 Å². The fourth-order valence-electron chi connectivity index (χ4n) is 2.17. The van der Waals surface area contributed by atoms with Gasteiger partial charge in [-0.15, -0.1) is 0 Å².